The molecule has 18 heavy (non-hydrogen) atoms. The summed E-state index contributed by atoms with van der Waals surface area (Å²) in [6, 6.07) is 7.82. The van der Waals surface area contributed by atoms with Crippen LogP contribution in [0.1, 0.15) is 24.8 Å². The minimum atomic E-state index is -0.358. The molecule has 2 aliphatic carbocycles. The Morgan fingerprint density at radius 3 is 2.39 bits per heavy atom. The molecule has 1 aromatic carbocycles. The van der Waals surface area contributed by atoms with E-state index in [1.807, 2.05) is 24.3 Å². The molecule has 1 fully saturated rings. The van der Waals surface area contributed by atoms with Crippen molar-refractivity contribution in [2.75, 3.05) is 0 Å². The first-order valence-corrected chi connectivity index (χ1v) is 7.01. The van der Waals surface area contributed by atoms with E-state index in [2.05, 4.69) is 15.9 Å². The van der Waals surface area contributed by atoms with Gasteiger partial charge in [0.2, 0.25) is 0 Å². The zero-order valence-electron chi connectivity index (χ0n) is 9.86. The van der Waals surface area contributed by atoms with E-state index in [-0.39, 0.29) is 23.4 Å². The number of Topliss-reactive ketones (excluding diaryl/α,β-unsaturated/α-hetero) is 1. The fraction of sp³-hybridized carbons (Fsp3) is 0.333. The van der Waals surface area contributed by atoms with Crippen molar-refractivity contribution in [3.63, 3.8) is 0 Å². The molecule has 0 aromatic heterocycles. The Morgan fingerprint density at radius 1 is 1.00 bits per heavy atom. The van der Waals surface area contributed by atoms with Gasteiger partial charge >= 0.3 is 0 Å². The van der Waals surface area contributed by atoms with Crippen LogP contribution in [-0.2, 0) is 9.59 Å². The molecule has 0 spiro atoms. The van der Waals surface area contributed by atoms with E-state index >= 15 is 0 Å². The molecule has 2 bridgehead atoms. The normalized spacial score (nSPS) is 27.1. The summed E-state index contributed by atoms with van der Waals surface area (Å²) >= 11 is 3.39. The van der Waals surface area contributed by atoms with Crippen molar-refractivity contribution in [3.05, 3.63) is 40.4 Å². The fourth-order valence-corrected chi connectivity index (χ4v) is 3.19. The summed E-state index contributed by atoms with van der Waals surface area (Å²) < 4.78 is 1.00. The third-order valence-corrected chi connectivity index (χ3v) is 4.40. The lowest BCUT2D eigenvalue weighted by Crippen LogP contribution is -2.37. The summed E-state index contributed by atoms with van der Waals surface area (Å²) in [7, 11) is 0. The summed E-state index contributed by atoms with van der Waals surface area (Å²) in [6.45, 7) is 0. The van der Waals surface area contributed by atoms with Crippen molar-refractivity contribution in [3.8, 4) is 0 Å². The Balaban J connectivity index is 2.05. The highest BCUT2D eigenvalue weighted by molar-refractivity contribution is 9.10. The van der Waals surface area contributed by atoms with Gasteiger partial charge in [0.25, 0.3) is 0 Å². The van der Waals surface area contributed by atoms with Crippen molar-refractivity contribution in [1.29, 1.82) is 0 Å². The lowest BCUT2D eigenvalue weighted by molar-refractivity contribution is -0.134. The number of carbonyl (C=O) groups excluding carboxylic acids is 2. The molecule has 0 saturated heterocycles. The minimum absolute atomic E-state index is 0.00568. The molecular formula is C15H13BrO2. The molecule has 2 aliphatic rings. The number of hydrogen-bond donors (Lipinski definition) is 0. The van der Waals surface area contributed by atoms with E-state index in [1.165, 1.54) is 0 Å². The number of halogens is 1. The SMILES string of the molecule is O=C1C=C(c2ccc(Br)cc2)[C@@H]2CCC[C@H]1C2=O. The summed E-state index contributed by atoms with van der Waals surface area (Å²) in [4.78, 5) is 24.2. The van der Waals surface area contributed by atoms with Crippen molar-refractivity contribution in [2.45, 2.75) is 19.3 Å². The average molecular weight is 305 g/mol. The van der Waals surface area contributed by atoms with Crippen LogP contribution in [0.5, 0.6) is 0 Å². The van der Waals surface area contributed by atoms with Crippen LogP contribution in [0.15, 0.2) is 34.8 Å². The van der Waals surface area contributed by atoms with Crippen LogP contribution >= 0.6 is 15.9 Å². The largest absolute Gasteiger partial charge is 0.298 e. The van der Waals surface area contributed by atoms with Gasteiger partial charge in [-0.25, -0.2) is 0 Å². The van der Waals surface area contributed by atoms with E-state index in [0.29, 0.717) is 0 Å². The first kappa shape index (κ1) is 11.8. The molecule has 0 amide bonds. The van der Waals surface area contributed by atoms with Crippen LogP contribution < -0.4 is 0 Å². The maximum atomic E-state index is 12.2. The highest BCUT2D eigenvalue weighted by Gasteiger charge is 2.40. The molecule has 3 heteroatoms. The number of ketones is 2. The van der Waals surface area contributed by atoms with Crippen LogP contribution in [0.4, 0.5) is 0 Å². The lowest BCUT2D eigenvalue weighted by atomic mass is 9.69. The smallest absolute Gasteiger partial charge is 0.166 e. The van der Waals surface area contributed by atoms with E-state index < -0.39 is 0 Å². The van der Waals surface area contributed by atoms with Gasteiger partial charge in [-0.2, -0.15) is 0 Å². The van der Waals surface area contributed by atoms with E-state index in [9.17, 15) is 9.59 Å². The van der Waals surface area contributed by atoms with Crippen LogP contribution in [-0.4, -0.2) is 11.6 Å². The molecule has 0 N–H and O–H groups in total. The predicted molar refractivity (Wildman–Crippen MR) is 73.0 cm³/mol. The molecular weight excluding hydrogens is 292 g/mol. The van der Waals surface area contributed by atoms with Gasteiger partial charge in [0, 0.05) is 10.4 Å². The number of fused-ring (bicyclic) bond motifs is 2. The molecule has 1 saturated carbocycles. The maximum absolute atomic E-state index is 12.2. The van der Waals surface area contributed by atoms with E-state index in [4.69, 9.17) is 0 Å². The third-order valence-electron chi connectivity index (χ3n) is 3.87. The van der Waals surface area contributed by atoms with Crippen LogP contribution in [0.3, 0.4) is 0 Å². The third kappa shape index (κ3) is 1.87. The number of hydrogen-bond acceptors (Lipinski definition) is 2. The van der Waals surface area contributed by atoms with Gasteiger partial charge < -0.3 is 0 Å². The topological polar surface area (TPSA) is 34.1 Å². The second kappa shape index (κ2) is 4.47. The van der Waals surface area contributed by atoms with Gasteiger partial charge in [-0.1, -0.05) is 34.5 Å². The average Bonchev–Trinajstić information content (AvgIpc) is 2.35. The maximum Gasteiger partial charge on any atom is 0.166 e. The highest BCUT2D eigenvalue weighted by Crippen LogP contribution is 2.40. The fourth-order valence-electron chi connectivity index (χ4n) is 2.93. The Morgan fingerprint density at radius 2 is 1.67 bits per heavy atom. The quantitative estimate of drug-likeness (QED) is 0.745. The molecule has 3 rings (SSSR count). The Kier molecular flexibility index (Phi) is 2.94. The summed E-state index contributed by atoms with van der Waals surface area (Å²) in [6.07, 6.45) is 4.28. The minimum Gasteiger partial charge on any atom is -0.298 e. The van der Waals surface area contributed by atoms with Gasteiger partial charge in [-0.05, 0) is 42.2 Å². The Hall–Kier alpha value is -1.22. The van der Waals surface area contributed by atoms with Gasteiger partial charge in [-0.15, -0.1) is 0 Å². The van der Waals surface area contributed by atoms with Gasteiger partial charge in [-0.3, -0.25) is 9.59 Å². The molecule has 1 aromatic rings. The molecule has 2 atom stereocenters. The number of carbonyl (C=O) groups is 2. The summed E-state index contributed by atoms with van der Waals surface area (Å²) in [5, 5.41) is 0. The zero-order chi connectivity index (χ0) is 12.7. The zero-order valence-corrected chi connectivity index (χ0v) is 11.4. The first-order chi connectivity index (χ1) is 8.66. The van der Waals surface area contributed by atoms with Crippen molar-refractivity contribution < 1.29 is 9.59 Å². The molecule has 0 heterocycles. The predicted octanol–water partition coefficient (Wildman–Crippen LogP) is 3.40. The van der Waals surface area contributed by atoms with Gasteiger partial charge in [0.15, 0.2) is 11.6 Å². The van der Waals surface area contributed by atoms with Crippen molar-refractivity contribution in [2.24, 2.45) is 11.8 Å². The highest BCUT2D eigenvalue weighted by atomic mass is 79.9. The van der Waals surface area contributed by atoms with Crippen molar-refractivity contribution in [1.82, 2.24) is 0 Å². The summed E-state index contributed by atoms with van der Waals surface area (Å²) in [5.41, 5.74) is 1.90. The van der Waals surface area contributed by atoms with E-state index in [0.717, 1.165) is 34.9 Å². The Labute approximate surface area is 114 Å². The molecule has 0 unspecified atom stereocenters. The first-order valence-electron chi connectivity index (χ1n) is 6.22. The second-order valence-electron chi connectivity index (χ2n) is 4.95. The van der Waals surface area contributed by atoms with E-state index in [1.54, 1.807) is 6.08 Å². The number of allylic oxidation sites excluding steroid dienone is 2. The van der Waals surface area contributed by atoms with Crippen LogP contribution in [0.25, 0.3) is 5.57 Å². The monoisotopic (exact) mass is 304 g/mol. The van der Waals surface area contributed by atoms with Crippen LogP contribution in [0, 0.1) is 11.8 Å². The standard InChI is InChI=1S/C15H13BrO2/c16-10-6-4-9(5-7-10)13-8-14(17)12-3-1-2-11(13)15(12)18/h4-8,11-12H,1-3H2/t11-,12+/m0/s1. The van der Waals surface area contributed by atoms with Gasteiger partial charge in [0.1, 0.15) is 0 Å². The lowest BCUT2D eigenvalue weighted by Gasteiger charge is -2.32. The Bertz CT molecular complexity index is 542. The number of benzene rings is 1. The number of rotatable bonds is 1. The molecule has 0 radical (unpaired) electrons. The molecule has 2 nitrogen and oxygen atoms in total. The van der Waals surface area contributed by atoms with Crippen LogP contribution in [0.2, 0.25) is 0 Å². The molecule has 92 valence electrons. The molecule has 0 aliphatic heterocycles. The van der Waals surface area contributed by atoms with Crippen molar-refractivity contribution >= 4 is 33.1 Å². The van der Waals surface area contributed by atoms with Gasteiger partial charge in [0.05, 0.1) is 5.92 Å². The summed E-state index contributed by atoms with van der Waals surface area (Å²) in [5.74, 6) is -0.300. The second-order valence-corrected chi connectivity index (χ2v) is 5.86.